The molecule has 0 radical (unpaired) electrons. The molecule has 1 aromatic carbocycles. The van der Waals surface area contributed by atoms with Gasteiger partial charge in [-0.05, 0) is 70.2 Å². The highest BCUT2D eigenvalue weighted by Gasteiger charge is 2.28. The van der Waals surface area contributed by atoms with Crippen LogP contribution in [0.4, 0.5) is 0 Å². The molecular weight excluding hydrogens is 382 g/mol. The van der Waals surface area contributed by atoms with E-state index < -0.39 is 0 Å². The van der Waals surface area contributed by atoms with Crippen molar-refractivity contribution in [1.82, 2.24) is 25.0 Å². The lowest BCUT2D eigenvalue weighted by atomic mass is 9.97. The van der Waals surface area contributed by atoms with Crippen LogP contribution in [0.1, 0.15) is 56.3 Å². The number of piperidine rings is 1. The van der Waals surface area contributed by atoms with Gasteiger partial charge in [0, 0.05) is 30.7 Å². The second kappa shape index (κ2) is 10.8. The van der Waals surface area contributed by atoms with Gasteiger partial charge in [0.05, 0.1) is 0 Å². The average Bonchev–Trinajstić information content (AvgIpc) is 3.25. The molecule has 8 nitrogen and oxygen atoms in total. The number of hydrogen-bond acceptors (Lipinski definition) is 5. The van der Waals surface area contributed by atoms with Crippen LogP contribution >= 0.6 is 0 Å². The van der Waals surface area contributed by atoms with Gasteiger partial charge < -0.3 is 19.5 Å². The van der Waals surface area contributed by atoms with E-state index in [4.69, 9.17) is 4.74 Å². The Balaban J connectivity index is 1.38. The predicted octanol–water partition coefficient (Wildman–Crippen LogP) is 2.66. The number of unbranched alkanes of at least 4 members (excludes halogenated alkanes) is 1. The second-order valence-corrected chi connectivity index (χ2v) is 7.91. The molecule has 0 spiro atoms. The van der Waals surface area contributed by atoms with Gasteiger partial charge in [-0.2, -0.15) is 0 Å². The number of aryl methyl sites for hydroxylation is 1. The van der Waals surface area contributed by atoms with Crippen LogP contribution in [0, 0.1) is 0 Å². The zero-order valence-electron chi connectivity index (χ0n) is 17.8. The van der Waals surface area contributed by atoms with Crippen LogP contribution in [-0.4, -0.2) is 56.7 Å². The molecule has 1 N–H and O–H groups in total. The van der Waals surface area contributed by atoms with E-state index in [9.17, 15) is 9.59 Å². The van der Waals surface area contributed by atoms with Gasteiger partial charge in [-0.3, -0.25) is 9.59 Å². The van der Waals surface area contributed by atoms with E-state index in [1.165, 1.54) is 6.42 Å². The standard InChI is InChI=1S/C22H31N5O3/c1-17-6-5-7-18(2)27(17)21(28)14-30-20-10-8-19(9-11-20)22(29)23-12-3-4-13-26-15-24-25-16-26/h8-11,15-18H,3-7,12-14H2,1-2H3,(H,23,29). The van der Waals surface area contributed by atoms with Crippen LogP contribution in [0.3, 0.4) is 0 Å². The molecule has 8 heteroatoms. The van der Waals surface area contributed by atoms with E-state index in [0.29, 0.717) is 17.9 Å². The van der Waals surface area contributed by atoms with Gasteiger partial charge in [-0.1, -0.05) is 0 Å². The Morgan fingerprint density at radius 3 is 2.40 bits per heavy atom. The normalized spacial score (nSPS) is 18.8. The van der Waals surface area contributed by atoms with Gasteiger partial charge in [0.2, 0.25) is 0 Å². The number of amides is 2. The number of carbonyl (C=O) groups excluding carboxylic acids is 2. The van der Waals surface area contributed by atoms with Crippen molar-refractivity contribution in [3.8, 4) is 5.75 Å². The molecule has 2 heterocycles. The molecule has 0 saturated carbocycles. The molecule has 2 aromatic rings. The Labute approximate surface area is 177 Å². The molecule has 1 saturated heterocycles. The van der Waals surface area contributed by atoms with E-state index in [1.807, 2.05) is 9.47 Å². The monoisotopic (exact) mass is 413 g/mol. The van der Waals surface area contributed by atoms with E-state index in [2.05, 4.69) is 29.4 Å². The highest BCUT2D eigenvalue weighted by atomic mass is 16.5. The largest absolute Gasteiger partial charge is 0.484 e. The zero-order chi connectivity index (χ0) is 21.3. The molecule has 3 rings (SSSR count). The highest BCUT2D eigenvalue weighted by Crippen LogP contribution is 2.23. The fourth-order valence-electron chi connectivity index (χ4n) is 3.90. The molecule has 162 valence electrons. The van der Waals surface area contributed by atoms with E-state index in [1.54, 1.807) is 36.9 Å². The first kappa shape index (κ1) is 21.8. The lowest BCUT2D eigenvalue weighted by Gasteiger charge is -2.38. The minimum absolute atomic E-state index is 0.0167. The van der Waals surface area contributed by atoms with E-state index in [0.717, 1.165) is 32.2 Å². The number of ether oxygens (including phenoxy) is 1. The van der Waals surface area contributed by atoms with E-state index >= 15 is 0 Å². The minimum atomic E-state index is -0.113. The first-order valence-corrected chi connectivity index (χ1v) is 10.7. The quantitative estimate of drug-likeness (QED) is 0.639. The highest BCUT2D eigenvalue weighted by molar-refractivity contribution is 5.94. The van der Waals surface area contributed by atoms with Gasteiger partial charge in [0.1, 0.15) is 18.4 Å². The van der Waals surface area contributed by atoms with Crippen LogP contribution in [0.5, 0.6) is 5.75 Å². The lowest BCUT2D eigenvalue weighted by molar-refractivity contribution is -0.139. The first-order valence-electron chi connectivity index (χ1n) is 10.7. The Morgan fingerprint density at radius 1 is 1.07 bits per heavy atom. The summed E-state index contributed by atoms with van der Waals surface area (Å²) in [6.07, 6.45) is 8.43. The molecule has 1 aromatic heterocycles. The molecule has 1 aliphatic heterocycles. The Hall–Kier alpha value is -2.90. The molecule has 0 aliphatic carbocycles. The Morgan fingerprint density at radius 2 is 1.73 bits per heavy atom. The third-order valence-corrected chi connectivity index (χ3v) is 5.56. The molecule has 0 bridgehead atoms. The van der Waals surface area contributed by atoms with Crippen molar-refractivity contribution in [2.45, 2.75) is 64.6 Å². The topological polar surface area (TPSA) is 89.4 Å². The Bertz CT molecular complexity index is 797. The SMILES string of the molecule is CC1CCCC(C)N1C(=O)COc1ccc(C(=O)NCCCCn2cnnc2)cc1. The van der Waals surface area contributed by atoms with Crippen molar-refractivity contribution in [3.63, 3.8) is 0 Å². The van der Waals surface area contributed by atoms with Crippen molar-refractivity contribution in [2.75, 3.05) is 13.2 Å². The number of benzene rings is 1. The Kier molecular flexibility index (Phi) is 7.82. The summed E-state index contributed by atoms with van der Waals surface area (Å²) in [5, 5.41) is 10.4. The summed E-state index contributed by atoms with van der Waals surface area (Å²) < 4.78 is 7.58. The molecule has 2 atom stereocenters. The second-order valence-electron chi connectivity index (χ2n) is 7.91. The number of hydrogen-bond donors (Lipinski definition) is 1. The molecular formula is C22H31N5O3. The van der Waals surface area contributed by atoms with Crippen LogP contribution in [0.25, 0.3) is 0 Å². The van der Waals surface area contributed by atoms with Crippen molar-refractivity contribution < 1.29 is 14.3 Å². The summed E-state index contributed by atoms with van der Waals surface area (Å²) in [6, 6.07) is 7.42. The van der Waals surface area contributed by atoms with Crippen molar-refractivity contribution in [3.05, 3.63) is 42.5 Å². The number of nitrogens with zero attached hydrogens (tertiary/aromatic N) is 4. The maximum absolute atomic E-state index is 12.5. The van der Waals surface area contributed by atoms with Gasteiger partial charge in [0.15, 0.2) is 6.61 Å². The van der Waals surface area contributed by atoms with Crippen LogP contribution in [0.15, 0.2) is 36.9 Å². The molecule has 30 heavy (non-hydrogen) atoms. The van der Waals surface area contributed by atoms with Gasteiger partial charge >= 0.3 is 0 Å². The van der Waals surface area contributed by atoms with Crippen LogP contribution in [0.2, 0.25) is 0 Å². The maximum Gasteiger partial charge on any atom is 0.260 e. The van der Waals surface area contributed by atoms with Crippen LogP contribution < -0.4 is 10.1 Å². The predicted molar refractivity (Wildman–Crippen MR) is 113 cm³/mol. The minimum Gasteiger partial charge on any atom is -0.484 e. The zero-order valence-corrected chi connectivity index (χ0v) is 17.8. The summed E-state index contributed by atoms with van der Waals surface area (Å²) in [5.74, 6) is 0.493. The number of carbonyl (C=O) groups is 2. The first-order chi connectivity index (χ1) is 14.5. The average molecular weight is 414 g/mol. The number of nitrogens with one attached hydrogen (secondary N) is 1. The van der Waals surface area contributed by atoms with Crippen molar-refractivity contribution >= 4 is 11.8 Å². The maximum atomic E-state index is 12.5. The van der Waals surface area contributed by atoms with Gasteiger partial charge in [-0.15, -0.1) is 10.2 Å². The fourth-order valence-corrected chi connectivity index (χ4v) is 3.90. The molecule has 1 fully saturated rings. The summed E-state index contributed by atoms with van der Waals surface area (Å²) in [6.45, 7) is 5.65. The lowest BCUT2D eigenvalue weighted by Crippen LogP contribution is -2.49. The summed E-state index contributed by atoms with van der Waals surface area (Å²) in [5.41, 5.74) is 0.575. The van der Waals surface area contributed by atoms with E-state index in [-0.39, 0.29) is 30.5 Å². The summed E-state index contributed by atoms with van der Waals surface area (Å²) >= 11 is 0. The van der Waals surface area contributed by atoms with Crippen LogP contribution in [-0.2, 0) is 11.3 Å². The van der Waals surface area contributed by atoms with Gasteiger partial charge in [-0.25, -0.2) is 0 Å². The molecule has 2 unspecified atom stereocenters. The smallest absolute Gasteiger partial charge is 0.260 e. The van der Waals surface area contributed by atoms with Gasteiger partial charge in [0.25, 0.3) is 11.8 Å². The third-order valence-electron chi connectivity index (χ3n) is 5.56. The number of rotatable bonds is 9. The molecule has 2 amide bonds. The van der Waals surface area contributed by atoms with Crippen molar-refractivity contribution in [2.24, 2.45) is 0 Å². The summed E-state index contributed by atoms with van der Waals surface area (Å²) in [4.78, 5) is 26.7. The third kappa shape index (κ3) is 6.05. The fraction of sp³-hybridized carbons (Fsp3) is 0.545. The summed E-state index contributed by atoms with van der Waals surface area (Å²) in [7, 11) is 0. The van der Waals surface area contributed by atoms with Crippen molar-refractivity contribution in [1.29, 1.82) is 0 Å². The number of aromatic nitrogens is 3. The molecule has 1 aliphatic rings. The number of likely N-dealkylation sites (tertiary alicyclic amines) is 1.